The van der Waals surface area contributed by atoms with E-state index in [1.807, 2.05) is 42.5 Å². The van der Waals surface area contributed by atoms with Crippen molar-refractivity contribution in [3.05, 3.63) is 88.5 Å². The van der Waals surface area contributed by atoms with Crippen LogP contribution < -0.4 is 5.32 Å². The van der Waals surface area contributed by atoms with Gasteiger partial charge in [-0.05, 0) is 85.6 Å². The molecular formula is C42H52N2O8. The second kappa shape index (κ2) is 14.9. The summed E-state index contributed by atoms with van der Waals surface area (Å²) in [6.07, 6.45) is 8.49. The Morgan fingerprint density at radius 1 is 1.06 bits per heavy atom. The van der Waals surface area contributed by atoms with Gasteiger partial charge in [0.1, 0.15) is 31.1 Å². The van der Waals surface area contributed by atoms with Gasteiger partial charge in [-0.15, -0.1) is 0 Å². The number of allylic oxidation sites excluding steroid dienone is 1. The Balaban J connectivity index is 1.03. The normalized spacial score (nSPS) is 31.6. The van der Waals surface area contributed by atoms with Crippen LogP contribution in [0.1, 0.15) is 80.8 Å². The number of carbonyl (C=O) groups excluding carboxylic acids is 3. The van der Waals surface area contributed by atoms with E-state index >= 15 is 0 Å². The number of hydrogen-bond donors (Lipinski definition) is 2. The van der Waals surface area contributed by atoms with Crippen molar-refractivity contribution in [3.63, 3.8) is 0 Å². The molecule has 2 saturated carbocycles. The number of nitrogens with one attached hydrogen (secondary N) is 1. The number of likely N-dealkylation sites (N-methyl/N-ethyl adjacent to an activating group) is 1. The number of epoxide rings is 1. The average Bonchev–Trinajstić information content (AvgIpc) is 3.51. The van der Waals surface area contributed by atoms with E-state index in [0.29, 0.717) is 34.5 Å². The number of hydrogen-bond acceptors (Lipinski definition) is 8. The number of carbonyl (C=O) groups is 3. The van der Waals surface area contributed by atoms with Gasteiger partial charge in [0.2, 0.25) is 11.8 Å². The SMILES string of the molecule is CN(C(=O)C1=CC2OCOC2C(OC(=O)c2ccc(C=C3CCC4OC4(C)CCC4C3CC4(C)C)cc2)C1)C(Cc1ccccc1)C(=O)NCCO. The van der Waals surface area contributed by atoms with E-state index in [4.69, 9.17) is 18.9 Å². The molecule has 7 rings (SSSR count). The Labute approximate surface area is 306 Å². The number of aliphatic hydroxyl groups is 1. The highest BCUT2D eigenvalue weighted by Gasteiger charge is 2.56. The topological polar surface area (TPSA) is 127 Å². The molecule has 4 fully saturated rings. The number of ether oxygens (including phenoxy) is 4. The lowest BCUT2D eigenvalue weighted by molar-refractivity contribution is -0.137. The van der Waals surface area contributed by atoms with Crippen LogP contribution in [0.5, 0.6) is 0 Å². The third kappa shape index (κ3) is 7.62. The maximum absolute atomic E-state index is 14.0. The molecule has 0 aromatic heterocycles. The van der Waals surface area contributed by atoms with E-state index in [2.05, 4.69) is 32.2 Å². The van der Waals surface area contributed by atoms with Gasteiger partial charge in [-0.2, -0.15) is 0 Å². The molecule has 3 aliphatic carbocycles. The molecule has 52 heavy (non-hydrogen) atoms. The molecule has 2 aromatic carbocycles. The van der Waals surface area contributed by atoms with Crippen molar-refractivity contribution < 1.29 is 38.4 Å². The van der Waals surface area contributed by atoms with Crippen molar-refractivity contribution in [1.82, 2.24) is 10.2 Å². The van der Waals surface area contributed by atoms with Crippen molar-refractivity contribution in [2.75, 3.05) is 27.0 Å². The predicted molar refractivity (Wildman–Crippen MR) is 195 cm³/mol. The van der Waals surface area contributed by atoms with Crippen LogP contribution in [-0.2, 0) is 35.0 Å². The van der Waals surface area contributed by atoms with Gasteiger partial charge >= 0.3 is 5.97 Å². The molecule has 0 bridgehead atoms. The molecule has 2 aliphatic heterocycles. The maximum Gasteiger partial charge on any atom is 0.338 e. The highest BCUT2D eigenvalue weighted by atomic mass is 16.7. The zero-order valence-corrected chi connectivity index (χ0v) is 30.7. The van der Waals surface area contributed by atoms with E-state index < -0.39 is 30.3 Å². The molecule has 0 spiro atoms. The zero-order chi connectivity index (χ0) is 36.6. The summed E-state index contributed by atoms with van der Waals surface area (Å²) >= 11 is 0. The summed E-state index contributed by atoms with van der Waals surface area (Å²) < 4.78 is 23.8. The van der Waals surface area contributed by atoms with Crippen LogP contribution in [0, 0.1) is 17.3 Å². The second-order valence-corrected chi connectivity index (χ2v) is 16.1. The molecule has 5 aliphatic rings. The summed E-state index contributed by atoms with van der Waals surface area (Å²) in [6.45, 7) is 6.94. The first-order valence-corrected chi connectivity index (χ1v) is 18.8. The zero-order valence-electron chi connectivity index (χ0n) is 30.7. The first-order valence-electron chi connectivity index (χ1n) is 18.8. The predicted octanol–water partition coefficient (Wildman–Crippen LogP) is 5.24. The van der Waals surface area contributed by atoms with Gasteiger partial charge in [0, 0.05) is 32.0 Å². The number of aliphatic hydroxyl groups excluding tert-OH is 1. The molecule has 278 valence electrons. The first kappa shape index (κ1) is 36.5. The minimum atomic E-state index is -0.828. The summed E-state index contributed by atoms with van der Waals surface area (Å²) in [5.41, 5.74) is 4.61. The molecule has 2 saturated heterocycles. The summed E-state index contributed by atoms with van der Waals surface area (Å²) in [5, 5.41) is 12.0. The van der Waals surface area contributed by atoms with Gasteiger partial charge in [-0.3, -0.25) is 9.59 Å². The fraction of sp³-hybridized carbons (Fsp3) is 0.548. The van der Waals surface area contributed by atoms with Crippen molar-refractivity contribution in [3.8, 4) is 0 Å². The van der Waals surface area contributed by atoms with Crippen LogP contribution in [0.2, 0.25) is 0 Å². The number of fused-ring (bicyclic) bond motifs is 3. The molecule has 8 atom stereocenters. The molecule has 0 radical (unpaired) electrons. The molecule has 10 nitrogen and oxygen atoms in total. The van der Waals surface area contributed by atoms with Gasteiger partial charge in [0.25, 0.3) is 0 Å². The lowest BCUT2D eigenvalue weighted by atomic mass is 9.52. The number of benzene rings is 2. The van der Waals surface area contributed by atoms with Gasteiger partial charge < -0.3 is 34.3 Å². The fourth-order valence-corrected chi connectivity index (χ4v) is 8.96. The molecule has 2 amide bonds. The summed E-state index contributed by atoms with van der Waals surface area (Å²) in [4.78, 5) is 42.1. The van der Waals surface area contributed by atoms with Gasteiger partial charge in [0.05, 0.1) is 23.9 Å². The lowest BCUT2D eigenvalue weighted by Crippen LogP contribution is -2.51. The molecule has 8 unspecified atom stereocenters. The Bertz CT molecular complexity index is 1700. The third-order valence-electron chi connectivity index (χ3n) is 12.2. The van der Waals surface area contributed by atoms with Crippen LogP contribution in [0.25, 0.3) is 6.08 Å². The molecular weight excluding hydrogens is 660 g/mol. The Morgan fingerprint density at radius 3 is 2.56 bits per heavy atom. The summed E-state index contributed by atoms with van der Waals surface area (Å²) in [6, 6.07) is 16.2. The van der Waals surface area contributed by atoms with E-state index in [9.17, 15) is 19.5 Å². The lowest BCUT2D eigenvalue weighted by Gasteiger charge is -2.53. The van der Waals surface area contributed by atoms with Crippen molar-refractivity contribution in [2.45, 2.75) is 102 Å². The van der Waals surface area contributed by atoms with Crippen LogP contribution in [0.4, 0.5) is 0 Å². The maximum atomic E-state index is 14.0. The molecule has 2 aromatic rings. The van der Waals surface area contributed by atoms with Crippen molar-refractivity contribution in [1.29, 1.82) is 0 Å². The first-order chi connectivity index (χ1) is 25.0. The Morgan fingerprint density at radius 2 is 1.83 bits per heavy atom. The van der Waals surface area contributed by atoms with E-state index in [-0.39, 0.29) is 50.2 Å². The number of esters is 1. The largest absolute Gasteiger partial charge is 0.456 e. The van der Waals surface area contributed by atoms with Gasteiger partial charge in [-0.1, -0.05) is 68.0 Å². The standard InChI is InChI=1S/C42H52N2O8/c1-41(2)24-31-29(14-15-36-42(3,52-36)17-16-32(31)41)20-27-10-12-28(13-11-27)40(48)51-35-23-30(22-34-37(35)50-25-49-34)39(47)44(4)33(38(46)43-18-19-45)21-26-8-6-5-7-9-26/h5-13,20,22,31-37,45H,14-19,21,23-25H2,1-4H3,(H,43,46). The monoisotopic (exact) mass is 712 g/mol. The second-order valence-electron chi connectivity index (χ2n) is 16.1. The number of nitrogens with zero attached hydrogens (tertiary/aromatic N) is 1. The molecule has 2 N–H and O–H groups in total. The highest BCUT2D eigenvalue weighted by Crippen LogP contribution is 2.59. The molecule has 10 heteroatoms. The quantitative estimate of drug-likeness (QED) is 0.253. The van der Waals surface area contributed by atoms with Crippen molar-refractivity contribution in [2.24, 2.45) is 17.3 Å². The summed E-state index contributed by atoms with van der Waals surface area (Å²) in [7, 11) is 1.59. The summed E-state index contributed by atoms with van der Waals surface area (Å²) in [5.74, 6) is -0.00251. The van der Waals surface area contributed by atoms with Gasteiger partial charge in [-0.25, -0.2) is 4.79 Å². The smallest absolute Gasteiger partial charge is 0.338 e. The minimum absolute atomic E-state index is 0.0197. The average molecular weight is 713 g/mol. The number of amides is 2. The van der Waals surface area contributed by atoms with Crippen LogP contribution >= 0.6 is 0 Å². The van der Waals surface area contributed by atoms with Crippen LogP contribution in [0.15, 0.2) is 71.8 Å². The van der Waals surface area contributed by atoms with E-state index in [1.54, 1.807) is 25.3 Å². The molecule has 2 heterocycles. The highest BCUT2D eigenvalue weighted by molar-refractivity contribution is 5.97. The van der Waals surface area contributed by atoms with E-state index in [1.165, 1.54) is 23.3 Å². The van der Waals surface area contributed by atoms with Crippen molar-refractivity contribution >= 4 is 23.9 Å². The van der Waals surface area contributed by atoms with Crippen LogP contribution in [0.3, 0.4) is 0 Å². The minimum Gasteiger partial charge on any atom is -0.456 e. The Kier molecular flexibility index (Phi) is 10.5. The number of rotatable bonds is 10. The van der Waals surface area contributed by atoms with E-state index in [0.717, 1.165) is 30.4 Å². The Hall–Kier alpha value is -3.83. The fourth-order valence-electron chi connectivity index (χ4n) is 8.96. The van der Waals surface area contributed by atoms with Gasteiger partial charge in [0.15, 0.2) is 0 Å². The van der Waals surface area contributed by atoms with Crippen LogP contribution in [-0.4, -0.2) is 90.8 Å². The third-order valence-corrected chi connectivity index (χ3v) is 12.2.